The first-order chi connectivity index (χ1) is 11.8. The summed E-state index contributed by atoms with van der Waals surface area (Å²) in [4.78, 5) is 14.8. The van der Waals surface area contributed by atoms with Crippen molar-refractivity contribution in [3.63, 3.8) is 0 Å². The Bertz CT molecular complexity index is 526. The van der Waals surface area contributed by atoms with E-state index in [1.807, 2.05) is 19.1 Å². The molecular formula is C20H29NO3. The number of carbonyl (C=O) groups excluding carboxylic acids is 1. The summed E-state index contributed by atoms with van der Waals surface area (Å²) in [7, 11) is 0. The summed E-state index contributed by atoms with van der Waals surface area (Å²) in [5.41, 5.74) is 0.599. The summed E-state index contributed by atoms with van der Waals surface area (Å²) >= 11 is 0. The quantitative estimate of drug-likeness (QED) is 0.741. The fourth-order valence-corrected chi connectivity index (χ4v) is 4.15. The standard InChI is InChI=1S/C20H29NO3/c1-2-23-18-10-8-17(9-11-18)20(22)24-15-12-16-6-5-14-21-13-4-3-7-19(16)21/h8-11,16,19H,2-7,12-15H2,1H3/t16-,19+/m1/s1. The molecule has 132 valence electrons. The highest BCUT2D eigenvalue weighted by Gasteiger charge is 2.32. The van der Waals surface area contributed by atoms with Crippen LogP contribution in [0.1, 0.15) is 55.8 Å². The molecule has 2 atom stereocenters. The molecule has 0 amide bonds. The number of hydrogen-bond acceptors (Lipinski definition) is 4. The van der Waals surface area contributed by atoms with E-state index in [1.54, 1.807) is 12.1 Å². The summed E-state index contributed by atoms with van der Waals surface area (Å²) in [5.74, 6) is 1.25. The van der Waals surface area contributed by atoms with E-state index in [1.165, 1.54) is 45.2 Å². The Kier molecular flexibility index (Phi) is 6.13. The second kappa shape index (κ2) is 8.52. The average molecular weight is 331 g/mol. The van der Waals surface area contributed by atoms with Crippen molar-refractivity contribution in [2.24, 2.45) is 5.92 Å². The van der Waals surface area contributed by atoms with E-state index in [2.05, 4.69) is 4.90 Å². The highest BCUT2D eigenvalue weighted by molar-refractivity contribution is 5.89. The molecule has 3 rings (SSSR count). The number of rotatable bonds is 6. The van der Waals surface area contributed by atoms with Crippen LogP contribution in [0.25, 0.3) is 0 Å². The van der Waals surface area contributed by atoms with Crippen LogP contribution in [0.5, 0.6) is 5.75 Å². The molecule has 0 aliphatic carbocycles. The van der Waals surface area contributed by atoms with Gasteiger partial charge in [-0.15, -0.1) is 0 Å². The molecule has 0 spiro atoms. The molecule has 0 unspecified atom stereocenters. The molecule has 2 aliphatic heterocycles. The van der Waals surface area contributed by atoms with Crippen LogP contribution in [0.15, 0.2) is 24.3 Å². The number of ether oxygens (including phenoxy) is 2. The van der Waals surface area contributed by atoms with Crippen molar-refractivity contribution in [1.82, 2.24) is 4.90 Å². The van der Waals surface area contributed by atoms with Gasteiger partial charge in [0, 0.05) is 6.04 Å². The van der Waals surface area contributed by atoms with Crippen LogP contribution in [-0.4, -0.2) is 43.2 Å². The topological polar surface area (TPSA) is 38.8 Å². The molecule has 2 heterocycles. The van der Waals surface area contributed by atoms with Gasteiger partial charge in [-0.05, 0) is 82.3 Å². The molecule has 2 saturated heterocycles. The Hall–Kier alpha value is -1.55. The van der Waals surface area contributed by atoms with Crippen LogP contribution in [0.2, 0.25) is 0 Å². The summed E-state index contributed by atoms with van der Waals surface area (Å²) < 4.78 is 10.9. The van der Waals surface area contributed by atoms with Crippen molar-refractivity contribution in [1.29, 1.82) is 0 Å². The number of fused-ring (bicyclic) bond motifs is 1. The second-order valence-corrected chi connectivity index (χ2v) is 6.88. The van der Waals surface area contributed by atoms with Crippen LogP contribution in [-0.2, 0) is 4.74 Å². The number of carbonyl (C=O) groups is 1. The van der Waals surface area contributed by atoms with Gasteiger partial charge in [0.05, 0.1) is 18.8 Å². The zero-order valence-corrected chi connectivity index (χ0v) is 14.7. The predicted octanol–water partition coefficient (Wildman–Crippen LogP) is 3.90. The first-order valence-electron chi connectivity index (χ1n) is 9.42. The summed E-state index contributed by atoms with van der Waals surface area (Å²) in [6, 6.07) is 7.91. The van der Waals surface area contributed by atoms with Crippen LogP contribution >= 0.6 is 0 Å². The summed E-state index contributed by atoms with van der Waals surface area (Å²) in [6.45, 7) is 5.62. The highest BCUT2D eigenvalue weighted by atomic mass is 16.5. The van der Waals surface area contributed by atoms with Gasteiger partial charge >= 0.3 is 5.97 Å². The zero-order valence-electron chi connectivity index (χ0n) is 14.7. The number of piperidine rings is 2. The predicted molar refractivity (Wildman–Crippen MR) is 94.4 cm³/mol. The van der Waals surface area contributed by atoms with Crippen molar-refractivity contribution in [3.05, 3.63) is 29.8 Å². The zero-order chi connectivity index (χ0) is 16.8. The lowest BCUT2D eigenvalue weighted by molar-refractivity contribution is 0.0296. The van der Waals surface area contributed by atoms with Crippen LogP contribution in [0.3, 0.4) is 0 Å². The maximum absolute atomic E-state index is 12.2. The molecule has 1 aromatic rings. The summed E-state index contributed by atoms with van der Waals surface area (Å²) in [6.07, 6.45) is 7.57. The van der Waals surface area contributed by atoms with E-state index < -0.39 is 0 Å². The minimum atomic E-state index is -0.227. The maximum Gasteiger partial charge on any atom is 0.338 e. The second-order valence-electron chi connectivity index (χ2n) is 6.88. The molecule has 1 aromatic carbocycles. The lowest BCUT2D eigenvalue weighted by Crippen LogP contribution is -2.48. The van der Waals surface area contributed by atoms with Crippen molar-refractivity contribution in [2.75, 3.05) is 26.3 Å². The van der Waals surface area contributed by atoms with E-state index in [0.717, 1.165) is 18.2 Å². The normalized spacial score (nSPS) is 24.2. The number of hydrogen-bond donors (Lipinski definition) is 0. The molecule has 4 nitrogen and oxygen atoms in total. The first kappa shape index (κ1) is 17.3. The monoisotopic (exact) mass is 331 g/mol. The Labute approximate surface area is 145 Å². The van der Waals surface area contributed by atoms with Gasteiger partial charge in [-0.1, -0.05) is 6.42 Å². The molecule has 0 N–H and O–H groups in total. The Morgan fingerprint density at radius 1 is 1.12 bits per heavy atom. The third-order valence-corrected chi connectivity index (χ3v) is 5.35. The third-order valence-electron chi connectivity index (χ3n) is 5.35. The van der Waals surface area contributed by atoms with E-state index in [-0.39, 0.29) is 5.97 Å². The Balaban J connectivity index is 1.46. The van der Waals surface area contributed by atoms with Crippen LogP contribution < -0.4 is 4.74 Å². The molecule has 2 fully saturated rings. The van der Waals surface area contributed by atoms with Gasteiger partial charge in [-0.25, -0.2) is 4.79 Å². The number of nitrogens with zero attached hydrogens (tertiary/aromatic N) is 1. The van der Waals surface area contributed by atoms with Crippen molar-refractivity contribution >= 4 is 5.97 Å². The molecule has 2 aliphatic rings. The van der Waals surface area contributed by atoms with Gasteiger partial charge < -0.3 is 14.4 Å². The van der Waals surface area contributed by atoms with Gasteiger partial charge in [0.15, 0.2) is 0 Å². The Morgan fingerprint density at radius 3 is 2.71 bits per heavy atom. The van der Waals surface area contributed by atoms with Gasteiger partial charge in [0.1, 0.15) is 5.75 Å². The van der Waals surface area contributed by atoms with Gasteiger partial charge in [0.2, 0.25) is 0 Å². The average Bonchev–Trinajstić information content (AvgIpc) is 2.63. The van der Waals surface area contributed by atoms with Crippen molar-refractivity contribution < 1.29 is 14.3 Å². The van der Waals surface area contributed by atoms with Crippen LogP contribution in [0, 0.1) is 5.92 Å². The van der Waals surface area contributed by atoms with Crippen molar-refractivity contribution in [2.45, 2.75) is 51.5 Å². The van der Waals surface area contributed by atoms with E-state index in [9.17, 15) is 4.79 Å². The maximum atomic E-state index is 12.2. The number of benzene rings is 1. The number of esters is 1. The minimum Gasteiger partial charge on any atom is -0.494 e. The fraction of sp³-hybridized carbons (Fsp3) is 0.650. The van der Waals surface area contributed by atoms with Gasteiger partial charge in [-0.3, -0.25) is 0 Å². The Morgan fingerprint density at radius 2 is 1.92 bits per heavy atom. The largest absolute Gasteiger partial charge is 0.494 e. The van der Waals surface area contributed by atoms with Crippen molar-refractivity contribution in [3.8, 4) is 5.75 Å². The van der Waals surface area contributed by atoms with E-state index in [0.29, 0.717) is 24.7 Å². The van der Waals surface area contributed by atoms with E-state index >= 15 is 0 Å². The fourth-order valence-electron chi connectivity index (χ4n) is 4.15. The molecule has 0 bridgehead atoms. The van der Waals surface area contributed by atoms with Gasteiger partial charge in [0.25, 0.3) is 0 Å². The minimum absolute atomic E-state index is 0.227. The molecule has 0 aromatic heterocycles. The third kappa shape index (κ3) is 4.29. The smallest absolute Gasteiger partial charge is 0.338 e. The van der Waals surface area contributed by atoms with Gasteiger partial charge in [-0.2, -0.15) is 0 Å². The SMILES string of the molecule is CCOc1ccc(C(=O)OCC[C@H]2CCCN3CCCC[C@@H]23)cc1. The van der Waals surface area contributed by atoms with Crippen LogP contribution in [0.4, 0.5) is 0 Å². The molecular weight excluding hydrogens is 302 g/mol. The molecule has 24 heavy (non-hydrogen) atoms. The highest BCUT2D eigenvalue weighted by Crippen LogP contribution is 2.32. The first-order valence-corrected chi connectivity index (χ1v) is 9.42. The summed E-state index contributed by atoms with van der Waals surface area (Å²) in [5, 5.41) is 0. The lowest BCUT2D eigenvalue weighted by Gasteiger charge is -2.44. The molecule has 4 heteroatoms. The molecule has 0 saturated carbocycles. The lowest BCUT2D eigenvalue weighted by atomic mass is 9.82. The van der Waals surface area contributed by atoms with E-state index in [4.69, 9.17) is 9.47 Å². The molecule has 0 radical (unpaired) electrons.